The van der Waals surface area contributed by atoms with E-state index in [0.29, 0.717) is 27.5 Å². The van der Waals surface area contributed by atoms with E-state index in [9.17, 15) is 20.2 Å². The molecule has 9 heteroatoms. The number of allylic oxidation sites excluding steroid dienone is 1. The van der Waals surface area contributed by atoms with Crippen molar-refractivity contribution in [1.82, 2.24) is 4.98 Å². The molecule has 0 aliphatic rings. The molecule has 0 fully saturated rings. The molecule has 0 saturated carbocycles. The predicted octanol–water partition coefficient (Wildman–Crippen LogP) is 5.11. The van der Waals surface area contributed by atoms with E-state index in [2.05, 4.69) is 16.4 Å². The molecule has 0 spiro atoms. The van der Waals surface area contributed by atoms with E-state index < -0.39 is 10.5 Å². The van der Waals surface area contributed by atoms with Crippen molar-refractivity contribution in [3.63, 3.8) is 0 Å². The fourth-order valence-electron chi connectivity index (χ4n) is 3.00. The van der Waals surface area contributed by atoms with Gasteiger partial charge in [-0.05, 0) is 36.8 Å². The molecule has 0 aliphatic carbocycles. The monoisotopic (exact) mass is 430 g/mol. The second-order valence-electron chi connectivity index (χ2n) is 6.62. The molecule has 4 rings (SSSR count). The first-order valence-electron chi connectivity index (χ1n) is 9.06. The number of aryl methyl sites for hydroxylation is 1. The highest BCUT2D eigenvalue weighted by molar-refractivity contribution is 7.11. The Labute approximate surface area is 179 Å². The highest BCUT2D eigenvalue weighted by atomic mass is 32.1. The molecule has 4 aromatic rings. The van der Waals surface area contributed by atoms with Crippen LogP contribution >= 0.6 is 11.3 Å². The highest BCUT2D eigenvalue weighted by Gasteiger charge is 2.11. The average molecular weight is 430 g/mol. The summed E-state index contributed by atoms with van der Waals surface area (Å²) in [7, 11) is 0. The second-order valence-corrected chi connectivity index (χ2v) is 7.47. The van der Waals surface area contributed by atoms with Crippen LogP contribution in [-0.2, 0) is 0 Å². The number of nitrogens with one attached hydrogen (secondary N) is 1. The summed E-state index contributed by atoms with van der Waals surface area (Å²) in [6, 6.07) is 15.0. The summed E-state index contributed by atoms with van der Waals surface area (Å²) < 4.78 is 5.24. The van der Waals surface area contributed by atoms with Gasteiger partial charge in [-0.15, -0.1) is 11.3 Å². The Hall–Kier alpha value is -4.29. The third-order valence-corrected chi connectivity index (χ3v) is 5.44. The third-order valence-electron chi connectivity index (χ3n) is 4.56. The number of thiazole rings is 1. The van der Waals surface area contributed by atoms with E-state index in [-0.39, 0.29) is 5.69 Å². The maximum absolute atomic E-state index is 11.6. The Morgan fingerprint density at radius 1 is 1.26 bits per heavy atom. The Morgan fingerprint density at radius 3 is 2.74 bits per heavy atom. The van der Waals surface area contributed by atoms with Gasteiger partial charge in [0.25, 0.3) is 5.69 Å². The summed E-state index contributed by atoms with van der Waals surface area (Å²) in [5.41, 5.74) is 3.19. The number of nitriles is 1. The lowest BCUT2D eigenvalue weighted by Crippen LogP contribution is -1.98. The topological polar surface area (TPSA) is 122 Å². The van der Waals surface area contributed by atoms with Gasteiger partial charge in [0.05, 0.1) is 10.6 Å². The first-order chi connectivity index (χ1) is 14.9. The number of anilines is 1. The minimum Gasteiger partial charge on any atom is -0.423 e. The van der Waals surface area contributed by atoms with Crippen LogP contribution in [0.25, 0.3) is 27.8 Å². The van der Waals surface area contributed by atoms with Crippen molar-refractivity contribution in [2.24, 2.45) is 0 Å². The first kappa shape index (κ1) is 20.0. The van der Waals surface area contributed by atoms with Crippen molar-refractivity contribution in [1.29, 1.82) is 5.26 Å². The Kier molecular flexibility index (Phi) is 5.30. The van der Waals surface area contributed by atoms with Crippen LogP contribution in [-0.4, -0.2) is 9.91 Å². The normalized spacial score (nSPS) is 11.3. The zero-order valence-electron chi connectivity index (χ0n) is 16.2. The molecular formula is C22H14N4O4S. The smallest absolute Gasteiger partial charge is 0.336 e. The van der Waals surface area contributed by atoms with Gasteiger partial charge in [0.2, 0.25) is 0 Å². The van der Waals surface area contributed by atoms with Crippen molar-refractivity contribution >= 4 is 39.3 Å². The number of benzene rings is 2. The van der Waals surface area contributed by atoms with Crippen molar-refractivity contribution in [2.75, 3.05) is 5.32 Å². The standard InChI is InChI=1S/C22H14N4O4S/c1-13-8-21(27)30-20-9-16(4-7-18(13)20)24-11-15(10-23)22-25-19(12-31-22)14-2-5-17(6-3-14)26(28)29/h2-9,11-12,24H,1H3/b15-11+. The summed E-state index contributed by atoms with van der Waals surface area (Å²) in [5.74, 6) is 0. The number of nitrogens with zero attached hydrogens (tertiary/aromatic N) is 3. The summed E-state index contributed by atoms with van der Waals surface area (Å²) in [4.78, 5) is 26.4. The molecule has 1 N–H and O–H groups in total. The van der Waals surface area contributed by atoms with Crippen LogP contribution in [0.3, 0.4) is 0 Å². The van der Waals surface area contributed by atoms with Crippen molar-refractivity contribution in [3.8, 4) is 17.3 Å². The second kappa shape index (κ2) is 8.22. The average Bonchev–Trinajstić information content (AvgIpc) is 3.24. The zero-order chi connectivity index (χ0) is 22.0. The van der Waals surface area contributed by atoms with Gasteiger partial charge in [0, 0.05) is 52.5 Å². The molecular weight excluding hydrogens is 416 g/mol. The largest absolute Gasteiger partial charge is 0.423 e. The fraction of sp³-hybridized carbons (Fsp3) is 0.0455. The summed E-state index contributed by atoms with van der Waals surface area (Å²) in [5, 5.41) is 26.5. The van der Waals surface area contributed by atoms with E-state index in [1.165, 1.54) is 35.7 Å². The van der Waals surface area contributed by atoms with Crippen molar-refractivity contribution < 1.29 is 9.34 Å². The molecule has 0 amide bonds. The molecule has 0 unspecified atom stereocenters. The van der Waals surface area contributed by atoms with Crippen molar-refractivity contribution in [3.05, 3.63) is 91.2 Å². The zero-order valence-corrected chi connectivity index (χ0v) is 17.0. The number of nitro benzene ring substituents is 1. The lowest BCUT2D eigenvalue weighted by atomic mass is 10.1. The van der Waals surface area contributed by atoms with Gasteiger partial charge in [-0.2, -0.15) is 5.26 Å². The molecule has 152 valence electrons. The highest BCUT2D eigenvalue weighted by Crippen LogP contribution is 2.28. The molecule has 31 heavy (non-hydrogen) atoms. The maximum atomic E-state index is 11.6. The molecule has 2 aromatic heterocycles. The number of hydrogen-bond acceptors (Lipinski definition) is 8. The number of hydrogen-bond donors (Lipinski definition) is 1. The summed E-state index contributed by atoms with van der Waals surface area (Å²) >= 11 is 1.29. The number of fused-ring (bicyclic) bond motifs is 1. The van der Waals surface area contributed by atoms with E-state index >= 15 is 0 Å². The molecule has 0 atom stereocenters. The number of non-ortho nitro benzene ring substituents is 1. The van der Waals surface area contributed by atoms with Gasteiger partial charge in [0.1, 0.15) is 22.2 Å². The maximum Gasteiger partial charge on any atom is 0.336 e. The molecule has 8 nitrogen and oxygen atoms in total. The molecule has 0 radical (unpaired) electrons. The first-order valence-corrected chi connectivity index (χ1v) is 9.94. The fourth-order valence-corrected chi connectivity index (χ4v) is 3.79. The Balaban J connectivity index is 1.58. The van der Waals surface area contributed by atoms with Crippen LogP contribution in [0.1, 0.15) is 10.6 Å². The van der Waals surface area contributed by atoms with Gasteiger partial charge in [-0.25, -0.2) is 9.78 Å². The lowest BCUT2D eigenvalue weighted by molar-refractivity contribution is -0.384. The number of rotatable bonds is 5. The minimum atomic E-state index is -0.461. The van der Waals surface area contributed by atoms with Crippen LogP contribution in [0.2, 0.25) is 0 Å². The number of aromatic nitrogens is 1. The summed E-state index contributed by atoms with van der Waals surface area (Å²) in [6.45, 7) is 1.84. The lowest BCUT2D eigenvalue weighted by Gasteiger charge is -2.05. The van der Waals surface area contributed by atoms with Gasteiger partial charge in [-0.1, -0.05) is 0 Å². The quantitative estimate of drug-likeness (QED) is 0.202. The molecule has 0 aliphatic heterocycles. The minimum absolute atomic E-state index is 0.00225. The molecule has 2 heterocycles. The Bertz CT molecular complexity index is 1430. The van der Waals surface area contributed by atoms with Crippen LogP contribution in [0.4, 0.5) is 11.4 Å². The van der Waals surface area contributed by atoms with Crippen LogP contribution in [0.5, 0.6) is 0 Å². The van der Waals surface area contributed by atoms with Crippen LogP contribution in [0.15, 0.2) is 69.3 Å². The third kappa shape index (κ3) is 4.19. The summed E-state index contributed by atoms with van der Waals surface area (Å²) in [6.07, 6.45) is 1.54. The Morgan fingerprint density at radius 2 is 2.03 bits per heavy atom. The van der Waals surface area contributed by atoms with E-state index in [1.54, 1.807) is 23.6 Å². The van der Waals surface area contributed by atoms with E-state index in [1.807, 2.05) is 19.1 Å². The molecule has 0 bridgehead atoms. The number of nitro groups is 1. The van der Waals surface area contributed by atoms with Crippen LogP contribution < -0.4 is 10.9 Å². The predicted molar refractivity (Wildman–Crippen MR) is 119 cm³/mol. The SMILES string of the molecule is Cc1cc(=O)oc2cc(N/C=C(\C#N)c3nc(-c4ccc([N+](=O)[O-])cc4)cs3)ccc12. The van der Waals surface area contributed by atoms with E-state index in [4.69, 9.17) is 4.42 Å². The van der Waals surface area contributed by atoms with Crippen molar-refractivity contribution in [2.45, 2.75) is 6.92 Å². The van der Waals surface area contributed by atoms with Gasteiger partial charge >= 0.3 is 5.63 Å². The van der Waals surface area contributed by atoms with Gasteiger partial charge < -0.3 is 9.73 Å². The van der Waals surface area contributed by atoms with Gasteiger partial charge in [0.15, 0.2) is 0 Å². The van der Waals surface area contributed by atoms with E-state index in [0.717, 1.165) is 16.5 Å². The van der Waals surface area contributed by atoms with Crippen LogP contribution in [0, 0.1) is 28.4 Å². The molecule has 0 saturated heterocycles. The van der Waals surface area contributed by atoms with Gasteiger partial charge in [-0.3, -0.25) is 10.1 Å². The molecule has 2 aromatic carbocycles.